The van der Waals surface area contributed by atoms with E-state index in [0.29, 0.717) is 39.7 Å². The van der Waals surface area contributed by atoms with Gasteiger partial charge < -0.3 is 10.2 Å². The summed E-state index contributed by atoms with van der Waals surface area (Å²) in [6, 6.07) is 22.8. The molecule has 7 heteroatoms. The summed E-state index contributed by atoms with van der Waals surface area (Å²) < 4.78 is 1.59. The molecule has 4 aromatic rings. The van der Waals surface area contributed by atoms with Crippen LogP contribution < -0.4 is 10.9 Å². The first-order valence-electron chi connectivity index (χ1n) is 10.4. The fraction of sp³-hybridized carbons (Fsp3) is 0.160. The van der Waals surface area contributed by atoms with E-state index >= 15 is 0 Å². The molecule has 6 nitrogen and oxygen atoms in total. The third kappa shape index (κ3) is 4.22. The lowest BCUT2D eigenvalue weighted by molar-refractivity contribution is 0.193. The van der Waals surface area contributed by atoms with Crippen LogP contribution in [0.2, 0.25) is 5.02 Å². The van der Waals surface area contributed by atoms with Gasteiger partial charge in [0.25, 0.3) is 5.56 Å². The van der Waals surface area contributed by atoms with Gasteiger partial charge in [0.15, 0.2) is 0 Å². The molecule has 0 aliphatic rings. The van der Waals surface area contributed by atoms with E-state index in [-0.39, 0.29) is 11.6 Å². The lowest BCUT2D eigenvalue weighted by Gasteiger charge is -2.29. The standard InChI is InChI=1S/C25H23ClN4O2/c1-3-29(25(32)27-19-11-9-10-18(26)16-19)17(2)23-28-22-15-8-7-14-21(22)24(31)30(23)20-12-5-4-6-13-20/h4-17H,3H2,1-2H3,(H,27,32). The fourth-order valence-electron chi connectivity index (χ4n) is 3.75. The minimum absolute atomic E-state index is 0.171. The molecular formula is C25H23ClN4O2. The maximum absolute atomic E-state index is 13.5. The van der Waals surface area contributed by atoms with Gasteiger partial charge in [-0.3, -0.25) is 9.36 Å². The lowest BCUT2D eigenvalue weighted by Crippen LogP contribution is -2.39. The number of carbonyl (C=O) groups is 1. The topological polar surface area (TPSA) is 67.2 Å². The van der Waals surface area contributed by atoms with Crippen molar-refractivity contribution in [1.29, 1.82) is 0 Å². The number of rotatable bonds is 5. The van der Waals surface area contributed by atoms with Crippen molar-refractivity contribution in [3.63, 3.8) is 0 Å². The second-order valence-electron chi connectivity index (χ2n) is 7.37. The van der Waals surface area contributed by atoms with Crippen LogP contribution in [0.4, 0.5) is 10.5 Å². The molecule has 1 N–H and O–H groups in total. The minimum atomic E-state index is -0.475. The summed E-state index contributed by atoms with van der Waals surface area (Å²) in [5.41, 5.74) is 1.72. The normalized spacial score (nSPS) is 11.8. The first kappa shape index (κ1) is 21.6. The zero-order valence-electron chi connectivity index (χ0n) is 17.8. The van der Waals surface area contributed by atoms with Gasteiger partial charge in [-0.15, -0.1) is 0 Å². The lowest BCUT2D eigenvalue weighted by atomic mass is 10.2. The van der Waals surface area contributed by atoms with Crippen molar-refractivity contribution in [2.24, 2.45) is 0 Å². The molecule has 32 heavy (non-hydrogen) atoms. The fourth-order valence-corrected chi connectivity index (χ4v) is 3.94. The zero-order valence-corrected chi connectivity index (χ0v) is 18.6. The van der Waals surface area contributed by atoms with E-state index in [1.165, 1.54) is 0 Å². The summed E-state index contributed by atoms with van der Waals surface area (Å²) in [6.07, 6.45) is 0. The molecule has 1 unspecified atom stereocenters. The maximum atomic E-state index is 13.5. The summed E-state index contributed by atoms with van der Waals surface area (Å²) in [5, 5.41) is 3.94. The Balaban J connectivity index is 1.80. The van der Waals surface area contributed by atoms with Crippen molar-refractivity contribution in [1.82, 2.24) is 14.5 Å². The molecule has 1 heterocycles. The molecule has 3 aromatic carbocycles. The molecule has 1 aromatic heterocycles. The zero-order chi connectivity index (χ0) is 22.7. The van der Waals surface area contributed by atoms with Crippen molar-refractivity contribution < 1.29 is 4.79 Å². The Hall–Kier alpha value is -3.64. The minimum Gasteiger partial charge on any atom is -0.315 e. The Morgan fingerprint density at radius 2 is 1.78 bits per heavy atom. The molecule has 0 saturated carbocycles. The van der Waals surface area contributed by atoms with Crippen molar-refractivity contribution in [3.05, 3.63) is 100 Å². The van der Waals surface area contributed by atoms with Crippen LogP contribution in [0.25, 0.3) is 16.6 Å². The number of nitrogens with zero attached hydrogens (tertiary/aromatic N) is 3. The largest absolute Gasteiger partial charge is 0.322 e. The van der Waals surface area contributed by atoms with Crippen LogP contribution in [0.1, 0.15) is 25.7 Å². The number of halogens is 1. The number of anilines is 1. The van der Waals surface area contributed by atoms with Crippen LogP contribution in [0.15, 0.2) is 83.7 Å². The molecule has 4 rings (SSSR count). The number of benzene rings is 3. The van der Waals surface area contributed by atoms with Crippen molar-refractivity contribution >= 4 is 34.2 Å². The van der Waals surface area contributed by atoms with Crippen molar-refractivity contribution in [2.75, 3.05) is 11.9 Å². The molecule has 0 aliphatic carbocycles. The van der Waals surface area contributed by atoms with E-state index in [1.807, 2.05) is 62.4 Å². The summed E-state index contributed by atoms with van der Waals surface area (Å²) >= 11 is 6.05. The summed E-state index contributed by atoms with van der Waals surface area (Å²) in [6.45, 7) is 4.18. The Labute approximate surface area is 191 Å². The van der Waals surface area contributed by atoms with Gasteiger partial charge in [0.1, 0.15) is 5.82 Å². The third-order valence-electron chi connectivity index (χ3n) is 5.33. The van der Waals surface area contributed by atoms with Gasteiger partial charge in [0, 0.05) is 17.3 Å². The Morgan fingerprint density at radius 1 is 1.06 bits per heavy atom. The van der Waals surface area contributed by atoms with Gasteiger partial charge in [-0.05, 0) is 56.3 Å². The Morgan fingerprint density at radius 3 is 2.50 bits per heavy atom. The number of hydrogen-bond acceptors (Lipinski definition) is 3. The number of nitrogens with one attached hydrogen (secondary N) is 1. The smallest absolute Gasteiger partial charge is 0.315 e. The van der Waals surface area contributed by atoms with Crippen LogP contribution in [0.5, 0.6) is 0 Å². The van der Waals surface area contributed by atoms with E-state index in [0.717, 1.165) is 0 Å². The van der Waals surface area contributed by atoms with Crippen LogP contribution in [-0.2, 0) is 0 Å². The van der Waals surface area contributed by atoms with Crippen molar-refractivity contribution in [2.45, 2.75) is 19.9 Å². The van der Waals surface area contributed by atoms with E-state index in [4.69, 9.17) is 16.6 Å². The van der Waals surface area contributed by atoms with Gasteiger partial charge in [-0.1, -0.05) is 48.0 Å². The SMILES string of the molecule is CCN(C(=O)Nc1cccc(Cl)c1)C(C)c1nc2ccccc2c(=O)n1-c1ccccc1. The highest BCUT2D eigenvalue weighted by atomic mass is 35.5. The molecule has 0 spiro atoms. The number of amides is 2. The van der Waals surface area contributed by atoms with E-state index in [2.05, 4.69) is 5.32 Å². The number of carbonyl (C=O) groups excluding carboxylic acids is 1. The monoisotopic (exact) mass is 446 g/mol. The van der Waals surface area contributed by atoms with Gasteiger partial charge in [-0.2, -0.15) is 0 Å². The first-order valence-corrected chi connectivity index (χ1v) is 10.8. The summed E-state index contributed by atoms with van der Waals surface area (Å²) in [5.74, 6) is 0.489. The number of hydrogen-bond donors (Lipinski definition) is 1. The molecule has 0 aliphatic heterocycles. The van der Waals surface area contributed by atoms with Gasteiger partial charge >= 0.3 is 6.03 Å². The number of fused-ring (bicyclic) bond motifs is 1. The van der Waals surface area contributed by atoms with Gasteiger partial charge in [-0.25, -0.2) is 9.78 Å². The van der Waals surface area contributed by atoms with Crippen LogP contribution in [0.3, 0.4) is 0 Å². The maximum Gasteiger partial charge on any atom is 0.322 e. The molecular weight excluding hydrogens is 424 g/mol. The Bertz CT molecular complexity index is 1320. The van der Waals surface area contributed by atoms with Crippen molar-refractivity contribution in [3.8, 4) is 5.69 Å². The average Bonchev–Trinajstić information content (AvgIpc) is 2.80. The number of para-hydroxylation sites is 2. The summed E-state index contributed by atoms with van der Waals surface area (Å²) in [7, 11) is 0. The second kappa shape index (κ2) is 9.24. The van der Waals surface area contributed by atoms with Crippen LogP contribution in [0, 0.1) is 0 Å². The molecule has 2 amide bonds. The quantitative estimate of drug-likeness (QED) is 0.430. The van der Waals surface area contributed by atoms with Gasteiger partial charge in [0.05, 0.1) is 22.6 Å². The average molecular weight is 447 g/mol. The van der Waals surface area contributed by atoms with Crippen LogP contribution >= 0.6 is 11.6 Å². The summed E-state index contributed by atoms with van der Waals surface area (Å²) in [4.78, 5) is 33.0. The van der Waals surface area contributed by atoms with E-state index in [1.54, 1.807) is 39.8 Å². The Kier molecular flexibility index (Phi) is 6.23. The molecule has 1 atom stereocenters. The predicted octanol–water partition coefficient (Wildman–Crippen LogP) is 5.65. The highest BCUT2D eigenvalue weighted by Gasteiger charge is 2.26. The molecule has 162 valence electrons. The second-order valence-corrected chi connectivity index (χ2v) is 7.80. The molecule has 0 radical (unpaired) electrons. The number of aromatic nitrogens is 2. The molecule has 0 saturated heterocycles. The van der Waals surface area contributed by atoms with E-state index in [9.17, 15) is 9.59 Å². The molecule has 0 fully saturated rings. The highest BCUT2D eigenvalue weighted by Crippen LogP contribution is 2.24. The molecule has 0 bridgehead atoms. The third-order valence-corrected chi connectivity index (χ3v) is 5.57. The van der Waals surface area contributed by atoms with Crippen LogP contribution in [-0.4, -0.2) is 27.0 Å². The van der Waals surface area contributed by atoms with E-state index < -0.39 is 6.04 Å². The van der Waals surface area contributed by atoms with Gasteiger partial charge in [0.2, 0.25) is 0 Å². The highest BCUT2D eigenvalue weighted by molar-refractivity contribution is 6.30. The predicted molar refractivity (Wildman–Crippen MR) is 129 cm³/mol. The first-order chi connectivity index (χ1) is 15.5. The number of urea groups is 1.